The fraction of sp³-hybridized carbons (Fsp3) is 0.875. The van der Waals surface area contributed by atoms with Crippen LogP contribution in [0.3, 0.4) is 0 Å². The Hall–Kier alpha value is -0.650. The number of carbonyl (C=O) groups is 1. The Kier molecular flexibility index (Phi) is 2.23. The third-order valence-electron chi connectivity index (χ3n) is 2.65. The van der Waals surface area contributed by atoms with Gasteiger partial charge < -0.3 is 19.9 Å². The van der Waals surface area contributed by atoms with Crippen molar-refractivity contribution in [1.82, 2.24) is 5.32 Å². The van der Waals surface area contributed by atoms with Crippen LogP contribution in [0.1, 0.15) is 12.8 Å². The molecule has 0 aromatic heterocycles. The molecule has 13 heavy (non-hydrogen) atoms. The van der Waals surface area contributed by atoms with Crippen LogP contribution < -0.4 is 5.32 Å². The van der Waals surface area contributed by atoms with Gasteiger partial charge in [-0.2, -0.15) is 0 Å². The third kappa shape index (κ3) is 1.54. The van der Waals surface area contributed by atoms with Crippen LogP contribution in [0.15, 0.2) is 0 Å². The average molecular weight is 186 g/mol. The number of likely N-dealkylation sites (tertiary alicyclic amines) is 1. The topological polar surface area (TPSA) is 61.4 Å². The fourth-order valence-electron chi connectivity index (χ4n) is 1.96. The SMILES string of the molecule is O=C1NCCOC1[N+]1([O-])CCCC1. The van der Waals surface area contributed by atoms with E-state index >= 15 is 0 Å². The van der Waals surface area contributed by atoms with Gasteiger partial charge in [0.2, 0.25) is 0 Å². The number of hydroxylamine groups is 3. The largest absolute Gasteiger partial charge is 0.630 e. The summed E-state index contributed by atoms with van der Waals surface area (Å²) in [5.41, 5.74) is 0. The van der Waals surface area contributed by atoms with Gasteiger partial charge in [-0.1, -0.05) is 0 Å². The normalized spacial score (nSPS) is 33.0. The number of carbonyl (C=O) groups excluding carboxylic acids is 1. The Labute approximate surface area is 76.8 Å². The standard InChI is InChI=1S/C8H14N2O3/c11-7-8(13-6-3-9-7)10(12)4-1-2-5-10/h8H,1-6H2,(H,9,11). The van der Waals surface area contributed by atoms with E-state index in [0.29, 0.717) is 26.2 Å². The highest BCUT2D eigenvalue weighted by molar-refractivity contribution is 5.79. The van der Waals surface area contributed by atoms with E-state index in [4.69, 9.17) is 4.74 Å². The molecule has 0 radical (unpaired) electrons. The minimum atomic E-state index is -0.809. The van der Waals surface area contributed by atoms with E-state index in [9.17, 15) is 10.0 Å². The van der Waals surface area contributed by atoms with Crippen LogP contribution in [0, 0.1) is 5.21 Å². The number of rotatable bonds is 1. The highest BCUT2D eigenvalue weighted by Gasteiger charge is 2.40. The van der Waals surface area contributed by atoms with Gasteiger partial charge in [-0.3, -0.25) is 4.79 Å². The molecule has 2 saturated heterocycles. The lowest BCUT2D eigenvalue weighted by Crippen LogP contribution is -2.60. The maximum Gasteiger partial charge on any atom is 0.308 e. The molecule has 0 saturated carbocycles. The van der Waals surface area contributed by atoms with Crippen LogP contribution >= 0.6 is 0 Å². The summed E-state index contributed by atoms with van der Waals surface area (Å²) in [6.45, 7) is 2.00. The van der Waals surface area contributed by atoms with Gasteiger partial charge in [0.25, 0.3) is 6.23 Å². The Balaban J connectivity index is 2.08. The smallest absolute Gasteiger partial charge is 0.308 e. The van der Waals surface area contributed by atoms with Gasteiger partial charge >= 0.3 is 5.91 Å². The second-order valence-electron chi connectivity index (χ2n) is 3.62. The van der Waals surface area contributed by atoms with Gasteiger partial charge in [-0.25, -0.2) is 0 Å². The van der Waals surface area contributed by atoms with Gasteiger partial charge in [0.05, 0.1) is 19.7 Å². The summed E-state index contributed by atoms with van der Waals surface area (Å²) in [6.07, 6.45) is 0.990. The summed E-state index contributed by atoms with van der Waals surface area (Å²) in [6, 6.07) is 0. The summed E-state index contributed by atoms with van der Waals surface area (Å²) in [7, 11) is 0. The molecule has 2 aliphatic heterocycles. The predicted molar refractivity (Wildman–Crippen MR) is 45.3 cm³/mol. The molecule has 2 rings (SSSR count). The first kappa shape index (κ1) is 8.93. The zero-order chi connectivity index (χ0) is 9.31. The van der Waals surface area contributed by atoms with Gasteiger partial charge in [-0.05, 0) is 0 Å². The minimum absolute atomic E-state index is 0.247. The molecular weight excluding hydrogens is 172 g/mol. The summed E-state index contributed by atoms with van der Waals surface area (Å²) in [5.74, 6) is -0.247. The first-order valence-corrected chi connectivity index (χ1v) is 4.69. The number of quaternary nitrogens is 1. The van der Waals surface area contributed by atoms with E-state index in [1.807, 2.05) is 0 Å². The van der Waals surface area contributed by atoms with E-state index in [1.54, 1.807) is 0 Å². The Morgan fingerprint density at radius 2 is 2.15 bits per heavy atom. The van der Waals surface area contributed by atoms with Gasteiger partial charge in [0.1, 0.15) is 0 Å². The van der Waals surface area contributed by atoms with E-state index in [2.05, 4.69) is 5.32 Å². The fourth-order valence-corrected chi connectivity index (χ4v) is 1.96. The van der Waals surface area contributed by atoms with Crippen molar-refractivity contribution >= 4 is 5.91 Å². The molecule has 1 N–H and O–H groups in total. The molecule has 5 heteroatoms. The number of hydrogen-bond acceptors (Lipinski definition) is 3. The molecule has 0 aromatic carbocycles. The Morgan fingerprint density at radius 3 is 2.77 bits per heavy atom. The van der Waals surface area contributed by atoms with Crippen molar-refractivity contribution < 1.29 is 14.2 Å². The van der Waals surface area contributed by atoms with Crippen LogP contribution in [0.2, 0.25) is 0 Å². The summed E-state index contributed by atoms with van der Waals surface area (Å²) < 4.78 is 4.74. The van der Waals surface area contributed by atoms with Gasteiger partial charge in [0.15, 0.2) is 0 Å². The molecule has 1 atom stereocenters. The zero-order valence-electron chi connectivity index (χ0n) is 7.49. The number of nitrogens with zero attached hydrogens (tertiary/aromatic N) is 1. The van der Waals surface area contributed by atoms with Crippen molar-refractivity contribution in [2.75, 3.05) is 26.2 Å². The number of morpholine rings is 1. The number of ether oxygens (including phenoxy) is 1. The molecule has 2 heterocycles. The number of nitrogens with one attached hydrogen (secondary N) is 1. The van der Waals surface area contributed by atoms with Gasteiger partial charge in [0, 0.05) is 19.4 Å². The minimum Gasteiger partial charge on any atom is -0.630 e. The van der Waals surface area contributed by atoms with Crippen LogP contribution in [0.25, 0.3) is 0 Å². The quantitative estimate of drug-likeness (QED) is 0.446. The molecule has 1 unspecified atom stereocenters. The maximum atomic E-state index is 12.0. The molecule has 2 aliphatic rings. The molecule has 1 amide bonds. The maximum absolute atomic E-state index is 12.0. The molecule has 0 bridgehead atoms. The first-order chi connectivity index (χ1) is 6.22. The summed E-state index contributed by atoms with van der Waals surface area (Å²) in [4.78, 5) is 11.3. The van der Waals surface area contributed by atoms with E-state index in [1.165, 1.54) is 0 Å². The second-order valence-corrected chi connectivity index (χ2v) is 3.62. The van der Waals surface area contributed by atoms with Crippen molar-refractivity contribution in [3.8, 4) is 0 Å². The Bertz CT molecular complexity index is 213. The third-order valence-corrected chi connectivity index (χ3v) is 2.65. The van der Waals surface area contributed by atoms with E-state index < -0.39 is 10.9 Å². The second kappa shape index (κ2) is 3.25. The highest BCUT2D eigenvalue weighted by Crippen LogP contribution is 2.23. The van der Waals surface area contributed by atoms with Crippen LogP contribution in [-0.2, 0) is 9.53 Å². The summed E-state index contributed by atoms with van der Waals surface area (Å²) in [5, 5.41) is 14.7. The lowest BCUT2D eigenvalue weighted by Gasteiger charge is -2.44. The monoisotopic (exact) mass is 186 g/mol. The van der Waals surface area contributed by atoms with Crippen molar-refractivity contribution in [2.45, 2.75) is 19.1 Å². The van der Waals surface area contributed by atoms with Crippen molar-refractivity contribution in [3.63, 3.8) is 0 Å². The molecule has 0 spiro atoms. The van der Waals surface area contributed by atoms with Crippen LogP contribution in [0.4, 0.5) is 0 Å². The number of hydrogen-bond donors (Lipinski definition) is 1. The lowest BCUT2D eigenvalue weighted by molar-refractivity contribution is -0.907. The number of amides is 1. The van der Waals surface area contributed by atoms with Crippen LogP contribution in [-0.4, -0.2) is 43.0 Å². The first-order valence-electron chi connectivity index (χ1n) is 4.69. The van der Waals surface area contributed by atoms with Crippen LogP contribution in [0.5, 0.6) is 0 Å². The van der Waals surface area contributed by atoms with E-state index in [0.717, 1.165) is 12.8 Å². The zero-order valence-corrected chi connectivity index (χ0v) is 7.49. The highest BCUT2D eigenvalue weighted by atomic mass is 16.6. The average Bonchev–Trinajstić information content (AvgIpc) is 2.54. The molecule has 74 valence electrons. The molecule has 0 aromatic rings. The molecular formula is C8H14N2O3. The Morgan fingerprint density at radius 1 is 1.46 bits per heavy atom. The van der Waals surface area contributed by atoms with Crippen molar-refractivity contribution in [2.24, 2.45) is 0 Å². The van der Waals surface area contributed by atoms with Crippen molar-refractivity contribution in [3.05, 3.63) is 5.21 Å². The lowest BCUT2D eigenvalue weighted by atomic mass is 10.4. The van der Waals surface area contributed by atoms with Gasteiger partial charge in [-0.15, -0.1) is 0 Å². The molecule has 0 aliphatic carbocycles. The molecule has 5 nitrogen and oxygen atoms in total. The predicted octanol–water partition coefficient (Wildman–Crippen LogP) is -0.433. The van der Waals surface area contributed by atoms with E-state index in [-0.39, 0.29) is 5.91 Å². The van der Waals surface area contributed by atoms with Crippen molar-refractivity contribution in [1.29, 1.82) is 0 Å². The molecule has 2 fully saturated rings. The summed E-state index contributed by atoms with van der Waals surface area (Å²) >= 11 is 0.